The van der Waals surface area contributed by atoms with Gasteiger partial charge >= 0.3 is 12.0 Å². The lowest BCUT2D eigenvalue weighted by Gasteiger charge is -2.17. The van der Waals surface area contributed by atoms with Gasteiger partial charge in [0.05, 0.1) is 5.39 Å². The monoisotopic (exact) mass is 440 g/mol. The molecule has 31 heavy (non-hydrogen) atoms. The summed E-state index contributed by atoms with van der Waals surface area (Å²) in [6.07, 6.45) is 0.249. The molecule has 0 radical (unpaired) electrons. The molecule has 0 bridgehead atoms. The smallest absolute Gasteiger partial charge is 0.349 e. The summed E-state index contributed by atoms with van der Waals surface area (Å²) in [4.78, 5) is 55.3. The van der Waals surface area contributed by atoms with Crippen LogP contribution in [0.25, 0.3) is 10.2 Å². The Morgan fingerprint density at radius 3 is 2.68 bits per heavy atom. The van der Waals surface area contributed by atoms with Gasteiger partial charge < -0.3 is 10.1 Å². The first-order valence-electron chi connectivity index (χ1n) is 9.72. The molecule has 3 heterocycles. The molecule has 1 aliphatic rings. The highest BCUT2D eigenvalue weighted by molar-refractivity contribution is 7.20. The largest absolute Gasteiger partial charge is 0.443 e. The quantitative estimate of drug-likeness (QED) is 0.600. The molecule has 1 aromatic carbocycles. The van der Waals surface area contributed by atoms with Gasteiger partial charge in [-0.25, -0.2) is 14.6 Å². The minimum Gasteiger partial charge on any atom is -0.443 e. The normalized spacial score (nSPS) is 13.5. The van der Waals surface area contributed by atoms with E-state index in [1.54, 1.807) is 41.8 Å². The number of carbonyl (C=O) groups is 3. The summed E-state index contributed by atoms with van der Waals surface area (Å²) in [6, 6.07) is 7.68. The maximum Gasteiger partial charge on any atom is 0.349 e. The molecule has 10 heteroatoms. The molecule has 2 N–H and O–H groups in total. The minimum atomic E-state index is -1.34. The van der Waals surface area contributed by atoms with Crippen molar-refractivity contribution in [2.24, 2.45) is 0 Å². The molecule has 1 aliphatic heterocycles. The van der Waals surface area contributed by atoms with Crippen LogP contribution in [0.15, 0.2) is 35.1 Å². The van der Waals surface area contributed by atoms with Gasteiger partial charge in [-0.15, -0.1) is 11.3 Å². The first kappa shape index (κ1) is 20.7. The molecular formula is C21H20N4O5S. The second-order valence-electron chi connectivity index (χ2n) is 7.09. The van der Waals surface area contributed by atoms with Crippen LogP contribution >= 0.6 is 11.3 Å². The lowest BCUT2D eigenvalue weighted by atomic mass is 10.1. The van der Waals surface area contributed by atoms with Crippen LogP contribution in [-0.2, 0) is 22.5 Å². The first-order chi connectivity index (χ1) is 14.9. The highest BCUT2D eigenvalue weighted by atomic mass is 32.1. The van der Waals surface area contributed by atoms with Crippen molar-refractivity contribution in [3.8, 4) is 0 Å². The highest BCUT2D eigenvalue weighted by Crippen LogP contribution is 2.31. The number of esters is 1. The van der Waals surface area contributed by atoms with E-state index in [0.717, 1.165) is 24.2 Å². The summed E-state index contributed by atoms with van der Waals surface area (Å²) in [5.74, 6) is -0.827. The molecule has 9 nitrogen and oxygen atoms in total. The zero-order chi connectivity index (χ0) is 22.1. The van der Waals surface area contributed by atoms with Crippen LogP contribution in [0.4, 0.5) is 4.79 Å². The number of aryl methyl sites for hydroxylation is 2. The molecular weight excluding hydrogens is 420 g/mol. The zero-order valence-electron chi connectivity index (χ0n) is 16.9. The molecule has 0 aliphatic carbocycles. The summed E-state index contributed by atoms with van der Waals surface area (Å²) in [6.45, 7) is 2.28. The molecule has 1 unspecified atom stereocenters. The average Bonchev–Trinajstić information content (AvgIpc) is 3.37. The third-order valence-corrected chi connectivity index (χ3v) is 6.29. The Kier molecular flexibility index (Phi) is 5.55. The van der Waals surface area contributed by atoms with Crippen molar-refractivity contribution < 1.29 is 19.1 Å². The number of amides is 3. The topological polar surface area (TPSA) is 119 Å². The van der Waals surface area contributed by atoms with Gasteiger partial charge in [-0.1, -0.05) is 30.3 Å². The van der Waals surface area contributed by atoms with Crippen molar-refractivity contribution in [2.45, 2.75) is 32.4 Å². The summed E-state index contributed by atoms with van der Waals surface area (Å²) in [5, 5.41) is 4.82. The van der Waals surface area contributed by atoms with Crippen molar-refractivity contribution in [1.82, 2.24) is 20.2 Å². The van der Waals surface area contributed by atoms with Crippen LogP contribution in [0.1, 0.15) is 39.1 Å². The lowest BCUT2D eigenvalue weighted by Crippen LogP contribution is -2.41. The Morgan fingerprint density at radius 1 is 1.23 bits per heavy atom. The van der Waals surface area contributed by atoms with Gasteiger partial charge in [-0.3, -0.25) is 19.5 Å². The molecule has 160 valence electrons. The Bertz CT molecular complexity index is 1250. The number of thiophene rings is 1. The van der Waals surface area contributed by atoms with Gasteiger partial charge in [0, 0.05) is 25.6 Å². The van der Waals surface area contributed by atoms with E-state index < -0.39 is 24.0 Å². The van der Waals surface area contributed by atoms with E-state index in [-0.39, 0.29) is 10.4 Å². The number of rotatable bonds is 4. The van der Waals surface area contributed by atoms with Crippen LogP contribution in [0.3, 0.4) is 0 Å². The number of hydrogen-bond donors (Lipinski definition) is 2. The standard InChI is InChI=1S/C21H20N4O5S/c1-11-14-18(23-13-9-6-10-25(13)19(14)27)31-16(11)20(28)30-15(12-7-4-3-5-8-12)17(26)24-21(29)22-2/h3-5,7-8,15H,6,9-10H2,1-2H3,(H2,22,24,26,29). The zero-order valence-corrected chi connectivity index (χ0v) is 17.7. The number of hydrogen-bond acceptors (Lipinski definition) is 7. The van der Waals surface area contributed by atoms with E-state index in [9.17, 15) is 19.2 Å². The summed E-state index contributed by atoms with van der Waals surface area (Å²) < 4.78 is 7.16. The maximum atomic E-state index is 13.0. The number of fused-ring (bicyclic) bond motifs is 2. The Labute approximate surface area is 181 Å². The summed E-state index contributed by atoms with van der Waals surface area (Å²) >= 11 is 1.07. The van der Waals surface area contributed by atoms with Crippen LogP contribution in [0, 0.1) is 6.92 Å². The fraction of sp³-hybridized carbons (Fsp3) is 0.286. The first-order valence-corrected chi connectivity index (χ1v) is 10.5. The van der Waals surface area contributed by atoms with Crippen LogP contribution in [-0.4, -0.2) is 34.5 Å². The SMILES string of the molecule is CNC(=O)NC(=O)C(OC(=O)c1sc2nc3n(c(=O)c2c1C)CCC3)c1ccccc1. The van der Waals surface area contributed by atoms with Gasteiger partial charge in [0.15, 0.2) is 0 Å². The molecule has 1 atom stereocenters. The highest BCUT2D eigenvalue weighted by Gasteiger charge is 2.30. The molecule has 4 rings (SSSR count). The number of nitrogens with one attached hydrogen (secondary N) is 2. The fourth-order valence-electron chi connectivity index (χ4n) is 3.57. The number of nitrogens with zero attached hydrogens (tertiary/aromatic N) is 2. The number of benzene rings is 1. The molecule has 2 aromatic heterocycles. The van der Waals surface area contributed by atoms with Crippen molar-refractivity contribution in [1.29, 1.82) is 0 Å². The van der Waals surface area contributed by atoms with Gasteiger partial charge in [0.2, 0.25) is 6.10 Å². The van der Waals surface area contributed by atoms with Gasteiger partial charge in [-0.05, 0) is 18.9 Å². The number of imide groups is 1. The number of ether oxygens (including phenoxy) is 1. The fourth-order valence-corrected chi connectivity index (χ4v) is 4.64. The van der Waals surface area contributed by atoms with Crippen molar-refractivity contribution in [3.63, 3.8) is 0 Å². The summed E-state index contributed by atoms with van der Waals surface area (Å²) in [5.41, 5.74) is 0.721. The van der Waals surface area contributed by atoms with Crippen molar-refractivity contribution in [2.75, 3.05) is 7.05 Å². The van der Waals surface area contributed by atoms with Crippen molar-refractivity contribution >= 4 is 39.5 Å². The molecule has 0 spiro atoms. The van der Waals surface area contributed by atoms with E-state index in [1.165, 1.54) is 7.05 Å². The molecule has 3 amide bonds. The van der Waals surface area contributed by atoms with Crippen LogP contribution in [0.2, 0.25) is 0 Å². The van der Waals surface area contributed by atoms with Gasteiger partial charge in [-0.2, -0.15) is 0 Å². The van der Waals surface area contributed by atoms with E-state index in [2.05, 4.69) is 15.6 Å². The number of aromatic nitrogens is 2. The molecule has 0 fully saturated rings. The number of carbonyl (C=O) groups excluding carboxylic acids is 3. The maximum absolute atomic E-state index is 13.0. The second-order valence-corrected chi connectivity index (χ2v) is 8.09. The molecule has 3 aromatic rings. The van der Waals surface area contributed by atoms with E-state index >= 15 is 0 Å². The third-order valence-electron chi connectivity index (χ3n) is 5.13. The van der Waals surface area contributed by atoms with Crippen LogP contribution in [0.5, 0.6) is 0 Å². The van der Waals surface area contributed by atoms with E-state index in [4.69, 9.17) is 4.74 Å². The van der Waals surface area contributed by atoms with Gasteiger partial charge in [0.1, 0.15) is 15.5 Å². The van der Waals surface area contributed by atoms with E-state index in [0.29, 0.717) is 33.7 Å². The average molecular weight is 440 g/mol. The van der Waals surface area contributed by atoms with Crippen LogP contribution < -0.4 is 16.2 Å². The number of urea groups is 1. The Morgan fingerprint density at radius 2 is 1.97 bits per heavy atom. The molecule has 0 saturated heterocycles. The second kappa shape index (κ2) is 8.31. The van der Waals surface area contributed by atoms with Gasteiger partial charge in [0.25, 0.3) is 11.5 Å². The summed E-state index contributed by atoms with van der Waals surface area (Å²) in [7, 11) is 1.37. The Hall–Kier alpha value is -3.53. The Balaban J connectivity index is 1.69. The minimum absolute atomic E-state index is 0.165. The van der Waals surface area contributed by atoms with E-state index in [1.807, 2.05) is 0 Å². The molecule has 0 saturated carbocycles. The van der Waals surface area contributed by atoms with Crippen molar-refractivity contribution in [3.05, 3.63) is 62.5 Å². The predicted octanol–water partition coefficient (Wildman–Crippen LogP) is 2.07. The predicted molar refractivity (Wildman–Crippen MR) is 114 cm³/mol. The third kappa shape index (κ3) is 3.81. The lowest BCUT2D eigenvalue weighted by molar-refractivity contribution is -0.129.